The first kappa shape index (κ1) is 23.3. The van der Waals surface area contributed by atoms with Crippen molar-refractivity contribution in [3.8, 4) is 0 Å². The number of aliphatic hydroxyl groups is 1. The van der Waals surface area contributed by atoms with Gasteiger partial charge in [-0.2, -0.15) is 0 Å². The molecule has 7 nitrogen and oxygen atoms in total. The van der Waals surface area contributed by atoms with Crippen LogP contribution in [0.2, 0.25) is 0 Å². The lowest BCUT2D eigenvalue weighted by Crippen LogP contribution is -2.45. The average molecular weight is 450 g/mol. The van der Waals surface area contributed by atoms with Gasteiger partial charge in [0.1, 0.15) is 0 Å². The number of fused-ring (bicyclic) bond motifs is 1. The zero-order valence-corrected chi connectivity index (χ0v) is 19.5. The third kappa shape index (κ3) is 6.33. The molecule has 2 aromatic carbocycles. The van der Waals surface area contributed by atoms with Crippen molar-refractivity contribution in [3.63, 3.8) is 0 Å². The Morgan fingerprint density at radius 2 is 1.85 bits per heavy atom. The molecule has 2 aliphatic heterocycles. The Morgan fingerprint density at radius 1 is 1.06 bits per heavy atom. The molecule has 4 rings (SSSR count). The van der Waals surface area contributed by atoms with Crippen molar-refractivity contribution in [2.45, 2.75) is 45.4 Å². The molecule has 1 amide bonds. The fourth-order valence-electron chi connectivity index (χ4n) is 4.50. The number of nitrogens with zero attached hydrogens (tertiary/aromatic N) is 3. The number of carbonyl (C=O) groups excluding carboxylic acids is 1. The first-order chi connectivity index (χ1) is 16.1. The number of anilines is 1. The molecule has 0 radical (unpaired) electrons. The second kappa shape index (κ2) is 11.3. The van der Waals surface area contributed by atoms with Crippen molar-refractivity contribution < 1.29 is 9.90 Å². The molecule has 0 aromatic heterocycles. The van der Waals surface area contributed by atoms with Crippen LogP contribution >= 0.6 is 0 Å². The molecule has 176 valence electrons. The Morgan fingerprint density at radius 3 is 2.58 bits per heavy atom. The van der Waals surface area contributed by atoms with E-state index in [1.165, 1.54) is 11.1 Å². The van der Waals surface area contributed by atoms with Crippen LogP contribution in [0, 0.1) is 0 Å². The van der Waals surface area contributed by atoms with Crippen LogP contribution in [0.25, 0.3) is 0 Å². The van der Waals surface area contributed by atoms with Crippen molar-refractivity contribution >= 4 is 17.6 Å². The number of benzene rings is 2. The number of carbonyl (C=O) groups is 1. The van der Waals surface area contributed by atoms with Crippen molar-refractivity contribution in [1.29, 1.82) is 0 Å². The van der Waals surface area contributed by atoms with Crippen LogP contribution in [0.4, 0.5) is 5.69 Å². The van der Waals surface area contributed by atoms with E-state index in [4.69, 9.17) is 0 Å². The van der Waals surface area contributed by atoms with Gasteiger partial charge in [-0.25, -0.2) is 4.99 Å². The van der Waals surface area contributed by atoms with Gasteiger partial charge in [-0.15, -0.1) is 0 Å². The molecule has 1 atom stereocenters. The molecule has 0 saturated carbocycles. The number of aliphatic imine (C=N–C) groups is 1. The fraction of sp³-hybridized carbons (Fsp3) is 0.462. The molecule has 1 fully saturated rings. The quantitative estimate of drug-likeness (QED) is 0.426. The van der Waals surface area contributed by atoms with Crippen LogP contribution in [0.15, 0.2) is 53.5 Å². The van der Waals surface area contributed by atoms with Crippen LogP contribution in [0.5, 0.6) is 0 Å². The van der Waals surface area contributed by atoms with Crippen LogP contribution < -0.4 is 15.5 Å². The lowest BCUT2D eigenvalue weighted by Gasteiger charge is -2.30. The largest absolute Gasteiger partial charge is 0.390 e. The Bertz CT molecular complexity index is 959. The molecule has 33 heavy (non-hydrogen) atoms. The minimum atomic E-state index is -0.476. The lowest BCUT2D eigenvalue weighted by atomic mass is 10.00. The molecule has 3 N–H and O–H groups in total. The minimum absolute atomic E-state index is 0.201. The van der Waals surface area contributed by atoms with Gasteiger partial charge in [0.25, 0.3) is 0 Å². The third-order valence-electron chi connectivity index (χ3n) is 6.27. The number of nitrogens with one attached hydrogen (secondary N) is 2. The predicted octanol–water partition coefficient (Wildman–Crippen LogP) is 2.29. The second-order valence-electron chi connectivity index (χ2n) is 8.80. The topological polar surface area (TPSA) is 80.2 Å². The Labute approximate surface area is 196 Å². The highest BCUT2D eigenvalue weighted by atomic mass is 16.3. The number of rotatable bonds is 8. The van der Waals surface area contributed by atoms with Crippen molar-refractivity contribution in [2.24, 2.45) is 4.99 Å². The maximum Gasteiger partial charge on any atom is 0.227 e. The Balaban J connectivity index is 1.26. The highest BCUT2D eigenvalue weighted by molar-refractivity contribution is 5.95. The van der Waals surface area contributed by atoms with Gasteiger partial charge < -0.3 is 20.6 Å². The Kier molecular flexibility index (Phi) is 7.96. The average Bonchev–Trinajstić information content (AvgIpc) is 3.27. The van der Waals surface area contributed by atoms with Gasteiger partial charge in [0.2, 0.25) is 5.91 Å². The fourth-order valence-corrected chi connectivity index (χ4v) is 4.50. The summed E-state index contributed by atoms with van der Waals surface area (Å²) in [5, 5.41) is 17.1. The van der Waals surface area contributed by atoms with Gasteiger partial charge in [0, 0.05) is 51.4 Å². The normalized spacial score (nSPS) is 17.7. The second-order valence-corrected chi connectivity index (χ2v) is 8.80. The van der Waals surface area contributed by atoms with Gasteiger partial charge in [-0.05, 0) is 48.6 Å². The summed E-state index contributed by atoms with van der Waals surface area (Å²) in [6, 6.07) is 16.6. The standard InChI is InChI=1S/C26H35N5O2/c1-2-27-26(28-16-20-9-11-23(12-10-20)31-14-5-8-25(31)33)29-17-24(32)19-30-15-13-21-6-3-4-7-22(21)18-30/h3-4,6-7,9-12,24,32H,2,5,8,13-19H2,1H3,(H2,27,28,29). The molecule has 2 heterocycles. The van der Waals surface area contributed by atoms with E-state index in [1.54, 1.807) is 0 Å². The molecular weight excluding hydrogens is 414 g/mol. The van der Waals surface area contributed by atoms with Gasteiger partial charge in [0.15, 0.2) is 5.96 Å². The number of hydrogen-bond acceptors (Lipinski definition) is 4. The van der Waals surface area contributed by atoms with Crippen LogP contribution in [-0.4, -0.2) is 60.7 Å². The Hall–Kier alpha value is -2.90. The van der Waals surface area contributed by atoms with E-state index in [9.17, 15) is 9.90 Å². The molecule has 0 spiro atoms. The summed E-state index contributed by atoms with van der Waals surface area (Å²) in [6.07, 6.45) is 2.13. The van der Waals surface area contributed by atoms with Crippen molar-refractivity contribution in [1.82, 2.24) is 15.5 Å². The molecular formula is C26H35N5O2. The van der Waals surface area contributed by atoms with E-state index < -0.39 is 6.10 Å². The van der Waals surface area contributed by atoms with E-state index >= 15 is 0 Å². The molecule has 2 aromatic rings. The van der Waals surface area contributed by atoms with Gasteiger partial charge in [-0.1, -0.05) is 36.4 Å². The number of guanidine groups is 1. The van der Waals surface area contributed by atoms with Crippen LogP contribution in [-0.2, 0) is 24.3 Å². The highest BCUT2D eigenvalue weighted by Gasteiger charge is 2.21. The van der Waals surface area contributed by atoms with Gasteiger partial charge >= 0.3 is 0 Å². The SMILES string of the molecule is CCNC(=NCc1ccc(N2CCCC2=O)cc1)NCC(O)CN1CCc2ccccc2C1. The first-order valence-corrected chi connectivity index (χ1v) is 12.0. The summed E-state index contributed by atoms with van der Waals surface area (Å²) in [4.78, 5) is 20.7. The molecule has 2 aliphatic rings. The van der Waals surface area contributed by atoms with E-state index in [0.717, 1.165) is 50.3 Å². The summed E-state index contributed by atoms with van der Waals surface area (Å²) in [5.41, 5.74) is 4.82. The number of amides is 1. The van der Waals surface area contributed by atoms with Crippen molar-refractivity contribution in [3.05, 3.63) is 65.2 Å². The number of aliphatic hydroxyl groups excluding tert-OH is 1. The van der Waals surface area contributed by atoms with Crippen molar-refractivity contribution in [2.75, 3.05) is 37.6 Å². The van der Waals surface area contributed by atoms with E-state index in [0.29, 0.717) is 32.0 Å². The zero-order chi connectivity index (χ0) is 23.0. The monoisotopic (exact) mass is 449 g/mol. The molecule has 1 saturated heterocycles. The summed E-state index contributed by atoms with van der Waals surface area (Å²) in [6.45, 7) is 7.06. The zero-order valence-electron chi connectivity index (χ0n) is 19.5. The number of hydrogen-bond donors (Lipinski definition) is 3. The maximum absolute atomic E-state index is 11.9. The maximum atomic E-state index is 11.9. The highest BCUT2D eigenvalue weighted by Crippen LogP contribution is 2.22. The number of β-amino-alcohol motifs (C(OH)–C–C–N with tert-alkyl or cyclic N) is 1. The molecule has 1 unspecified atom stereocenters. The molecule has 0 aliphatic carbocycles. The summed E-state index contributed by atoms with van der Waals surface area (Å²) in [5.74, 6) is 0.894. The summed E-state index contributed by atoms with van der Waals surface area (Å²) < 4.78 is 0. The van der Waals surface area contributed by atoms with Crippen LogP contribution in [0.3, 0.4) is 0 Å². The summed E-state index contributed by atoms with van der Waals surface area (Å²) >= 11 is 0. The third-order valence-corrected chi connectivity index (χ3v) is 6.27. The van der Waals surface area contributed by atoms with Gasteiger partial charge in [-0.3, -0.25) is 9.69 Å². The predicted molar refractivity (Wildman–Crippen MR) is 132 cm³/mol. The van der Waals surface area contributed by atoms with Gasteiger partial charge in [0.05, 0.1) is 12.6 Å². The summed E-state index contributed by atoms with van der Waals surface area (Å²) in [7, 11) is 0. The minimum Gasteiger partial charge on any atom is -0.390 e. The lowest BCUT2D eigenvalue weighted by molar-refractivity contribution is -0.117. The van der Waals surface area contributed by atoms with Crippen LogP contribution in [0.1, 0.15) is 36.5 Å². The van der Waals surface area contributed by atoms with E-state index in [1.807, 2.05) is 36.1 Å². The molecule has 7 heteroatoms. The molecule has 0 bridgehead atoms. The van der Waals surface area contributed by atoms with E-state index in [-0.39, 0.29) is 5.91 Å². The first-order valence-electron chi connectivity index (χ1n) is 12.0. The smallest absolute Gasteiger partial charge is 0.227 e. The van der Waals surface area contributed by atoms with E-state index in [2.05, 4.69) is 44.8 Å².